The van der Waals surface area contributed by atoms with E-state index in [0.717, 1.165) is 95.2 Å². The highest BCUT2D eigenvalue weighted by Crippen LogP contribution is 2.65. The first-order valence-corrected chi connectivity index (χ1v) is 22.1. The van der Waals surface area contributed by atoms with Gasteiger partial charge in [0.25, 0.3) is 0 Å². The fourth-order valence-electron chi connectivity index (χ4n) is 10.8. The number of hydrogen-bond acceptors (Lipinski definition) is 6. The van der Waals surface area contributed by atoms with Gasteiger partial charge in [-0.1, -0.05) is 202 Å². The highest BCUT2D eigenvalue weighted by atomic mass is 16.5. The summed E-state index contributed by atoms with van der Waals surface area (Å²) in [6.07, 6.45) is 0. The van der Waals surface area contributed by atoms with E-state index in [-0.39, 0.29) is 5.41 Å². The molecule has 6 nitrogen and oxygen atoms in total. The number of rotatable bonds is 5. The van der Waals surface area contributed by atoms with E-state index in [1.807, 2.05) is 42.5 Å². The summed E-state index contributed by atoms with van der Waals surface area (Å²) in [4.78, 5) is 26.9. The summed E-state index contributed by atoms with van der Waals surface area (Å²) in [5.41, 5.74) is 15.5. The highest BCUT2D eigenvalue weighted by molar-refractivity contribution is 6.02. The molecule has 306 valence electrons. The monoisotopic (exact) mass is 833 g/mol. The van der Waals surface area contributed by atoms with Crippen molar-refractivity contribution in [1.82, 2.24) is 24.9 Å². The molecule has 0 unspecified atom stereocenters. The molecular formula is C59H39N5O. The van der Waals surface area contributed by atoms with Crippen molar-refractivity contribution in [3.05, 3.63) is 234 Å². The SMILES string of the molecule is CC1(C)c2ccccc2-c2c(-c3cccc4c3-c3cccc(-c5nc(-c6ccccc6)nc(-c6ccccc6)n5)c3C43c4ccccc4Oc4ccccc43)nc(-c3ccccc3)nc21. The quantitative estimate of drug-likeness (QED) is 0.172. The number of nitrogens with zero attached hydrogens (tertiary/aromatic N) is 5. The van der Waals surface area contributed by atoms with E-state index in [1.54, 1.807) is 0 Å². The van der Waals surface area contributed by atoms with Gasteiger partial charge in [-0.15, -0.1) is 0 Å². The molecule has 1 spiro atoms. The second kappa shape index (κ2) is 14.1. The molecule has 10 aromatic rings. The van der Waals surface area contributed by atoms with Gasteiger partial charge in [-0.25, -0.2) is 24.9 Å². The lowest BCUT2D eigenvalue weighted by Crippen LogP contribution is -2.32. The Hall–Kier alpha value is -8.35. The Labute approximate surface area is 377 Å². The molecule has 0 fully saturated rings. The lowest BCUT2D eigenvalue weighted by Gasteiger charge is -2.40. The maximum Gasteiger partial charge on any atom is 0.164 e. The van der Waals surface area contributed by atoms with Crippen LogP contribution in [0.15, 0.2) is 200 Å². The summed E-state index contributed by atoms with van der Waals surface area (Å²) in [5, 5.41) is 0. The number of fused-ring (bicyclic) bond motifs is 12. The summed E-state index contributed by atoms with van der Waals surface area (Å²) in [7, 11) is 0. The van der Waals surface area contributed by atoms with Gasteiger partial charge in [0, 0.05) is 49.9 Å². The third-order valence-corrected chi connectivity index (χ3v) is 13.6. The van der Waals surface area contributed by atoms with Crippen LogP contribution in [0.25, 0.3) is 79.1 Å². The molecular weight excluding hydrogens is 795 g/mol. The third kappa shape index (κ3) is 5.37. The molecule has 0 saturated carbocycles. The fraction of sp³-hybridized carbons (Fsp3) is 0.0678. The molecule has 0 bridgehead atoms. The van der Waals surface area contributed by atoms with Crippen molar-refractivity contribution < 1.29 is 4.74 Å². The van der Waals surface area contributed by atoms with Crippen molar-refractivity contribution in [1.29, 1.82) is 0 Å². The lowest BCUT2D eigenvalue weighted by atomic mass is 9.65. The van der Waals surface area contributed by atoms with Crippen LogP contribution in [0, 0.1) is 0 Å². The van der Waals surface area contributed by atoms with Gasteiger partial charge in [0.05, 0.1) is 16.8 Å². The van der Waals surface area contributed by atoms with Crippen molar-refractivity contribution in [2.45, 2.75) is 24.7 Å². The first-order valence-electron chi connectivity index (χ1n) is 22.1. The Balaban J connectivity index is 1.17. The maximum atomic E-state index is 6.83. The Morgan fingerprint density at radius 2 is 0.785 bits per heavy atom. The molecule has 8 aromatic carbocycles. The maximum absolute atomic E-state index is 6.83. The molecule has 0 saturated heterocycles. The summed E-state index contributed by atoms with van der Waals surface area (Å²) >= 11 is 0. The van der Waals surface area contributed by atoms with Crippen LogP contribution in [0.4, 0.5) is 0 Å². The Morgan fingerprint density at radius 1 is 0.338 bits per heavy atom. The van der Waals surface area contributed by atoms with Crippen LogP contribution in [-0.4, -0.2) is 24.9 Å². The minimum absolute atomic E-state index is 0.360. The summed E-state index contributed by atoms with van der Waals surface area (Å²) in [5.74, 6) is 4.12. The highest BCUT2D eigenvalue weighted by Gasteiger charge is 2.53. The van der Waals surface area contributed by atoms with Gasteiger partial charge in [-0.2, -0.15) is 0 Å². The molecule has 0 radical (unpaired) electrons. The van der Waals surface area contributed by atoms with E-state index in [9.17, 15) is 0 Å². The van der Waals surface area contributed by atoms with E-state index >= 15 is 0 Å². The average molecular weight is 834 g/mol. The minimum atomic E-state index is -0.842. The first-order chi connectivity index (χ1) is 32.0. The zero-order chi connectivity index (χ0) is 43.3. The molecule has 6 heteroatoms. The predicted molar refractivity (Wildman–Crippen MR) is 258 cm³/mol. The zero-order valence-corrected chi connectivity index (χ0v) is 35.7. The van der Waals surface area contributed by atoms with E-state index in [1.165, 1.54) is 5.56 Å². The van der Waals surface area contributed by atoms with E-state index in [0.29, 0.717) is 23.3 Å². The largest absolute Gasteiger partial charge is 0.457 e. The number of hydrogen-bond donors (Lipinski definition) is 0. The second-order valence-electron chi connectivity index (χ2n) is 17.5. The zero-order valence-electron chi connectivity index (χ0n) is 35.7. The Kier molecular flexibility index (Phi) is 8.06. The number of ether oxygens (including phenoxy) is 1. The number of aromatic nitrogens is 5. The smallest absolute Gasteiger partial charge is 0.164 e. The van der Waals surface area contributed by atoms with Crippen molar-refractivity contribution in [2.24, 2.45) is 0 Å². The molecule has 0 N–H and O–H groups in total. The standard InChI is InChI=1S/C59H39N5O/c1-58(2)43-30-13-12-26-39(43)50-52(60-54(61-53(50)58)36-20-6-3-7-21-36)41-28-19-33-46-49(41)40-27-18-29-42(51(40)59(46)44-31-14-16-34-47(44)65-48-35-17-15-32-45(48)59)57-63-55(37-22-8-4-9-23-37)62-56(64-57)38-24-10-5-11-25-38/h3-35H,1-2H3. The van der Waals surface area contributed by atoms with Gasteiger partial charge >= 0.3 is 0 Å². The van der Waals surface area contributed by atoms with Gasteiger partial charge in [0.1, 0.15) is 11.5 Å². The summed E-state index contributed by atoms with van der Waals surface area (Å²) in [6.45, 7) is 4.57. The van der Waals surface area contributed by atoms with E-state index in [2.05, 4.69) is 172 Å². The van der Waals surface area contributed by atoms with Crippen molar-refractivity contribution >= 4 is 0 Å². The second-order valence-corrected chi connectivity index (χ2v) is 17.5. The molecule has 3 aliphatic rings. The molecule has 0 atom stereocenters. The molecule has 1 aliphatic heterocycles. The number of para-hydroxylation sites is 2. The predicted octanol–water partition coefficient (Wildman–Crippen LogP) is 13.8. The van der Waals surface area contributed by atoms with Gasteiger partial charge in [0.15, 0.2) is 23.3 Å². The average Bonchev–Trinajstić information content (AvgIpc) is 3.80. The summed E-state index contributed by atoms with van der Waals surface area (Å²) in [6, 6.07) is 69.8. The van der Waals surface area contributed by atoms with E-state index in [4.69, 9.17) is 29.7 Å². The third-order valence-electron chi connectivity index (χ3n) is 13.6. The van der Waals surface area contributed by atoms with Crippen LogP contribution in [-0.2, 0) is 10.8 Å². The van der Waals surface area contributed by atoms with Crippen molar-refractivity contribution in [3.8, 4) is 90.6 Å². The van der Waals surface area contributed by atoms with Gasteiger partial charge in [-0.3, -0.25) is 0 Å². The Morgan fingerprint density at radius 3 is 1.40 bits per heavy atom. The fourth-order valence-corrected chi connectivity index (χ4v) is 10.8. The van der Waals surface area contributed by atoms with E-state index < -0.39 is 5.41 Å². The topological polar surface area (TPSA) is 73.7 Å². The van der Waals surface area contributed by atoms with Crippen LogP contribution >= 0.6 is 0 Å². The Bertz CT molecular complexity index is 3450. The van der Waals surface area contributed by atoms with Crippen LogP contribution < -0.4 is 4.74 Å². The molecule has 3 heterocycles. The molecule has 13 rings (SSSR count). The first kappa shape index (κ1) is 37.2. The molecule has 2 aromatic heterocycles. The van der Waals surface area contributed by atoms with Crippen LogP contribution in [0.5, 0.6) is 11.5 Å². The molecule has 2 aliphatic carbocycles. The lowest BCUT2D eigenvalue weighted by molar-refractivity contribution is 0.436. The van der Waals surface area contributed by atoms with Crippen LogP contribution in [0.3, 0.4) is 0 Å². The van der Waals surface area contributed by atoms with Crippen molar-refractivity contribution in [2.75, 3.05) is 0 Å². The number of benzene rings is 8. The van der Waals surface area contributed by atoms with Crippen molar-refractivity contribution in [3.63, 3.8) is 0 Å². The minimum Gasteiger partial charge on any atom is -0.457 e. The van der Waals surface area contributed by atoms with Gasteiger partial charge in [-0.05, 0) is 45.5 Å². The van der Waals surface area contributed by atoms with Crippen LogP contribution in [0.2, 0.25) is 0 Å². The summed E-state index contributed by atoms with van der Waals surface area (Å²) < 4.78 is 6.83. The normalized spacial score (nSPS) is 14.1. The molecule has 65 heavy (non-hydrogen) atoms. The van der Waals surface area contributed by atoms with Gasteiger partial charge < -0.3 is 4.74 Å². The van der Waals surface area contributed by atoms with Crippen LogP contribution in [0.1, 0.15) is 47.4 Å². The van der Waals surface area contributed by atoms with Gasteiger partial charge in [0.2, 0.25) is 0 Å². The molecule has 0 amide bonds.